The maximum absolute atomic E-state index is 13.5. The quantitative estimate of drug-likeness (QED) is 0.632. The van der Waals surface area contributed by atoms with Crippen LogP contribution in [0.1, 0.15) is 49.5 Å². The molecule has 5 nitrogen and oxygen atoms in total. The van der Waals surface area contributed by atoms with Gasteiger partial charge in [-0.15, -0.1) is 0 Å². The van der Waals surface area contributed by atoms with Gasteiger partial charge < -0.3 is 4.90 Å². The largest absolute Gasteiger partial charge is 0.307 e. The zero-order valence-electron chi connectivity index (χ0n) is 17.3. The average Bonchev–Trinajstić information content (AvgIpc) is 3.25. The number of sulfonamides is 1. The van der Waals surface area contributed by atoms with E-state index in [1.165, 1.54) is 12.1 Å². The summed E-state index contributed by atoms with van der Waals surface area (Å²) < 4.78 is 29.1. The lowest BCUT2D eigenvalue weighted by atomic mass is 9.80. The smallest absolute Gasteiger partial charge is 0.258 e. The molecule has 1 spiro atoms. The van der Waals surface area contributed by atoms with Crippen molar-refractivity contribution in [3.8, 4) is 0 Å². The number of halogens is 1. The highest BCUT2D eigenvalue weighted by Gasteiger charge is 2.45. The summed E-state index contributed by atoms with van der Waals surface area (Å²) in [6, 6.07) is 12.3. The molecule has 0 aromatic heterocycles. The lowest BCUT2D eigenvalue weighted by molar-refractivity contribution is 0.0985. The molecule has 0 bridgehead atoms. The summed E-state index contributed by atoms with van der Waals surface area (Å²) in [6.45, 7) is 5.94. The molecule has 158 valence electrons. The van der Waals surface area contributed by atoms with E-state index < -0.39 is 15.6 Å². The molecule has 2 aromatic carbocycles. The third kappa shape index (κ3) is 3.86. The van der Waals surface area contributed by atoms with Crippen molar-refractivity contribution in [3.63, 3.8) is 0 Å². The SMILES string of the molecule is CC(C)(C)NS(=O)(=O)c1cccc(C(=O)N2CC3(CC=CC3)c3cc(Br)ccc32)c1. The van der Waals surface area contributed by atoms with Gasteiger partial charge in [0.05, 0.1) is 4.90 Å². The molecule has 0 saturated carbocycles. The zero-order valence-corrected chi connectivity index (χ0v) is 19.7. The number of carbonyl (C=O) groups excluding carboxylic acids is 1. The summed E-state index contributed by atoms with van der Waals surface area (Å²) in [5.74, 6) is -0.185. The van der Waals surface area contributed by atoms with E-state index in [1.807, 2.05) is 12.1 Å². The van der Waals surface area contributed by atoms with Crippen LogP contribution in [0.2, 0.25) is 0 Å². The van der Waals surface area contributed by atoms with Gasteiger partial charge in [-0.3, -0.25) is 4.79 Å². The van der Waals surface area contributed by atoms with Gasteiger partial charge in [0.25, 0.3) is 5.91 Å². The highest BCUT2D eigenvalue weighted by Crippen LogP contribution is 2.49. The Balaban J connectivity index is 1.70. The monoisotopic (exact) mass is 488 g/mol. The maximum Gasteiger partial charge on any atom is 0.258 e. The normalized spacial score (nSPS) is 17.5. The van der Waals surface area contributed by atoms with Gasteiger partial charge in [0.15, 0.2) is 0 Å². The van der Waals surface area contributed by atoms with E-state index in [4.69, 9.17) is 0 Å². The van der Waals surface area contributed by atoms with Gasteiger partial charge in [0.1, 0.15) is 0 Å². The van der Waals surface area contributed by atoms with Crippen LogP contribution < -0.4 is 9.62 Å². The molecule has 0 radical (unpaired) electrons. The van der Waals surface area contributed by atoms with Crippen LogP contribution in [0, 0.1) is 0 Å². The van der Waals surface area contributed by atoms with E-state index in [2.05, 4.69) is 38.9 Å². The van der Waals surface area contributed by atoms with Crippen molar-refractivity contribution in [1.82, 2.24) is 4.72 Å². The number of anilines is 1. The number of nitrogens with zero attached hydrogens (tertiary/aromatic N) is 1. The summed E-state index contributed by atoms with van der Waals surface area (Å²) >= 11 is 3.55. The fourth-order valence-electron chi connectivity index (χ4n) is 4.29. The molecule has 1 N–H and O–H groups in total. The summed E-state index contributed by atoms with van der Waals surface area (Å²) in [5, 5.41) is 0. The van der Waals surface area contributed by atoms with Crippen LogP contribution in [-0.2, 0) is 15.4 Å². The number of rotatable bonds is 3. The number of fused-ring (bicyclic) bond motifs is 2. The van der Waals surface area contributed by atoms with E-state index in [9.17, 15) is 13.2 Å². The topological polar surface area (TPSA) is 66.5 Å². The number of hydrogen-bond acceptors (Lipinski definition) is 3. The fourth-order valence-corrected chi connectivity index (χ4v) is 6.11. The lowest BCUT2D eigenvalue weighted by Gasteiger charge is -2.25. The molecule has 0 unspecified atom stereocenters. The van der Waals surface area contributed by atoms with E-state index >= 15 is 0 Å². The van der Waals surface area contributed by atoms with Crippen molar-refractivity contribution in [2.75, 3.05) is 11.4 Å². The van der Waals surface area contributed by atoms with Crippen LogP contribution in [0.5, 0.6) is 0 Å². The van der Waals surface area contributed by atoms with Crippen molar-refractivity contribution in [2.24, 2.45) is 0 Å². The Morgan fingerprint density at radius 2 is 1.80 bits per heavy atom. The number of amides is 1. The van der Waals surface area contributed by atoms with E-state index in [0.717, 1.165) is 28.6 Å². The Morgan fingerprint density at radius 3 is 2.47 bits per heavy atom. The van der Waals surface area contributed by atoms with E-state index in [0.29, 0.717) is 12.1 Å². The minimum absolute atomic E-state index is 0.0933. The summed E-state index contributed by atoms with van der Waals surface area (Å²) in [5.41, 5.74) is 1.71. The Labute approximate surface area is 186 Å². The first-order valence-corrected chi connectivity index (χ1v) is 12.2. The van der Waals surface area contributed by atoms with Crippen molar-refractivity contribution >= 4 is 37.5 Å². The molecule has 2 aliphatic rings. The number of allylic oxidation sites excluding steroid dienone is 2. The van der Waals surface area contributed by atoms with Gasteiger partial charge >= 0.3 is 0 Å². The van der Waals surface area contributed by atoms with Crippen LogP contribution in [0.25, 0.3) is 0 Å². The number of carbonyl (C=O) groups is 1. The second-order valence-electron chi connectivity index (χ2n) is 9.10. The second-order valence-corrected chi connectivity index (χ2v) is 11.7. The lowest BCUT2D eigenvalue weighted by Crippen LogP contribution is -2.40. The standard InChI is InChI=1S/C23H25BrN2O3S/c1-22(2,3)25-30(28,29)18-8-6-7-16(13-18)21(27)26-15-23(11-4-5-12-23)19-14-17(24)9-10-20(19)26/h4-10,13-14,25H,11-12,15H2,1-3H3. The number of benzene rings is 2. The second kappa shape index (κ2) is 7.32. The van der Waals surface area contributed by atoms with Crippen molar-refractivity contribution in [1.29, 1.82) is 0 Å². The van der Waals surface area contributed by atoms with Gasteiger partial charge in [0.2, 0.25) is 10.0 Å². The first-order chi connectivity index (χ1) is 14.0. The predicted octanol–water partition coefficient (Wildman–Crippen LogP) is 4.77. The highest BCUT2D eigenvalue weighted by molar-refractivity contribution is 9.10. The predicted molar refractivity (Wildman–Crippen MR) is 122 cm³/mol. The number of hydrogen-bond donors (Lipinski definition) is 1. The van der Waals surface area contributed by atoms with Crippen LogP contribution in [0.4, 0.5) is 5.69 Å². The molecule has 1 aliphatic carbocycles. The molecule has 0 fully saturated rings. The zero-order chi connectivity index (χ0) is 21.7. The van der Waals surface area contributed by atoms with Crippen LogP contribution in [0.15, 0.2) is 64.0 Å². The molecule has 30 heavy (non-hydrogen) atoms. The third-order valence-corrected chi connectivity index (χ3v) is 7.79. The summed E-state index contributed by atoms with van der Waals surface area (Å²) in [4.78, 5) is 15.4. The Hall–Kier alpha value is -1.96. The Bertz CT molecular complexity index is 1140. The summed E-state index contributed by atoms with van der Waals surface area (Å²) in [6.07, 6.45) is 6.13. The fraction of sp³-hybridized carbons (Fsp3) is 0.348. The highest BCUT2D eigenvalue weighted by atomic mass is 79.9. The molecular formula is C23H25BrN2O3S. The molecule has 1 aliphatic heterocycles. The van der Waals surface area contributed by atoms with Crippen LogP contribution >= 0.6 is 15.9 Å². The van der Waals surface area contributed by atoms with Crippen molar-refractivity contribution in [3.05, 3.63) is 70.2 Å². The van der Waals surface area contributed by atoms with E-state index in [-0.39, 0.29) is 16.2 Å². The molecule has 0 saturated heterocycles. The van der Waals surface area contributed by atoms with Gasteiger partial charge in [-0.2, -0.15) is 0 Å². The van der Waals surface area contributed by atoms with Gasteiger partial charge in [0, 0.05) is 33.2 Å². The average molecular weight is 489 g/mol. The molecule has 0 atom stereocenters. The number of nitrogens with one attached hydrogen (secondary N) is 1. The molecular weight excluding hydrogens is 464 g/mol. The van der Waals surface area contributed by atoms with Crippen LogP contribution in [0.3, 0.4) is 0 Å². The molecule has 4 rings (SSSR count). The molecule has 1 heterocycles. The van der Waals surface area contributed by atoms with Gasteiger partial charge in [-0.05, 0) is 75.6 Å². The Morgan fingerprint density at radius 1 is 1.10 bits per heavy atom. The molecule has 7 heteroatoms. The third-order valence-electron chi connectivity index (χ3n) is 5.54. The van der Waals surface area contributed by atoms with Gasteiger partial charge in [-0.1, -0.05) is 34.1 Å². The van der Waals surface area contributed by atoms with Crippen molar-refractivity contribution < 1.29 is 13.2 Å². The first-order valence-electron chi connectivity index (χ1n) is 9.92. The first kappa shape index (κ1) is 21.3. The van der Waals surface area contributed by atoms with Gasteiger partial charge in [-0.25, -0.2) is 13.1 Å². The van der Waals surface area contributed by atoms with Crippen LogP contribution in [-0.4, -0.2) is 26.4 Å². The maximum atomic E-state index is 13.5. The Kier molecular flexibility index (Phi) is 5.19. The summed E-state index contributed by atoms with van der Waals surface area (Å²) in [7, 11) is -3.72. The minimum atomic E-state index is -3.72. The minimum Gasteiger partial charge on any atom is -0.307 e. The van der Waals surface area contributed by atoms with E-state index in [1.54, 1.807) is 37.8 Å². The molecule has 1 amide bonds. The van der Waals surface area contributed by atoms with Crippen molar-refractivity contribution in [2.45, 2.75) is 49.5 Å². The molecule has 2 aromatic rings.